The van der Waals surface area contributed by atoms with Crippen molar-refractivity contribution in [3.63, 3.8) is 0 Å². The van der Waals surface area contributed by atoms with Crippen LogP contribution in [0.15, 0.2) is 0 Å². The van der Waals surface area contributed by atoms with Crippen LogP contribution < -0.4 is 0 Å². The summed E-state index contributed by atoms with van der Waals surface area (Å²) in [5.41, 5.74) is 0. The zero-order valence-corrected chi connectivity index (χ0v) is 13.4. The molecule has 0 bridgehead atoms. The van der Waals surface area contributed by atoms with Gasteiger partial charge in [-0.15, -0.1) is 0 Å². The standard InChI is InChI=1S/C16H30N2O2/c1-4-6-7-8-9-15(19)17-10-12-18(13-11-17)16(20)14(3)5-2/h14H,4-13H2,1-3H3. The summed E-state index contributed by atoms with van der Waals surface area (Å²) in [6, 6.07) is 0. The van der Waals surface area contributed by atoms with Gasteiger partial charge in [-0.1, -0.05) is 40.0 Å². The minimum atomic E-state index is 0.103. The van der Waals surface area contributed by atoms with E-state index in [4.69, 9.17) is 0 Å². The number of piperazine rings is 1. The zero-order valence-electron chi connectivity index (χ0n) is 13.4. The van der Waals surface area contributed by atoms with E-state index in [1.807, 2.05) is 23.6 Å². The maximum Gasteiger partial charge on any atom is 0.225 e. The van der Waals surface area contributed by atoms with Gasteiger partial charge in [0.05, 0.1) is 0 Å². The zero-order chi connectivity index (χ0) is 15.0. The summed E-state index contributed by atoms with van der Waals surface area (Å²) in [4.78, 5) is 28.0. The third-order valence-corrected chi connectivity index (χ3v) is 4.22. The molecule has 4 nitrogen and oxygen atoms in total. The normalized spacial score (nSPS) is 17.1. The molecule has 1 atom stereocenters. The Morgan fingerprint density at radius 2 is 1.55 bits per heavy atom. The lowest BCUT2D eigenvalue weighted by Gasteiger charge is -2.36. The van der Waals surface area contributed by atoms with E-state index in [2.05, 4.69) is 6.92 Å². The summed E-state index contributed by atoms with van der Waals surface area (Å²) in [5.74, 6) is 0.602. The smallest absolute Gasteiger partial charge is 0.225 e. The Labute approximate surface area is 123 Å². The van der Waals surface area contributed by atoms with Gasteiger partial charge in [-0.25, -0.2) is 0 Å². The number of unbranched alkanes of at least 4 members (excludes halogenated alkanes) is 3. The highest BCUT2D eigenvalue weighted by molar-refractivity contribution is 5.79. The highest BCUT2D eigenvalue weighted by atomic mass is 16.2. The summed E-state index contributed by atoms with van der Waals surface area (Å²) in [6.45, 7) is 9.00. The Kier molecular flexibility index (Phi) is 7.63. The summed E-state index contributed by atoms with van der Waals surface area (Å²) in [5, 5.41) is 0. The van der Waals surface area contributed by atoms with E-state index in [0.29, 0.717) is 32.6 Å². The lowest BCUT2D eigenvalue weighted by atomic mass is 10.1. The molecule has 0 radical (unpaired) electrons. The fourth-order valence-electron chi connectivity index (χ4n) is 2.52. The number of hydrogen-bond donors (Lipinski definition) is 0. The van der Waals surface area contributed by atoms with Gasteiger partial charge >= 0.3 is 0 Å². The molecule has 2 amide bonds. The third-order valence-electron chi connectivity index (χ3n) is 4.22. The van der Waals surface area contributed by atoms with Crippen LogP contribution in [-0.4, -0.2) is 47.8 Å². The van der Waals surface area contributed by atoms with Crippen LogP contribution in [0.2, 0.25) is 0 Å². The fraction of sp³-hybridized carbons (Fsp3) is 0.875. The minimum absolute atomic E-state index is 0.103. The van der Waals surface area contributed by atoms with Gasteiger partial charge in [0.2, 0.25) is 11.8 Å². The van der Waals surface area contributed by atoms with Crippen molar-refractivity contribution in [2.24, 2.45) is 5.92 Å². The molecule has 0 aromatic rings. The molecule has 0 spiro atoms. The molecule has 1 rings (SSSR count). The van der Waals surface area contributed by atoms with Gasteiger partial charge in [-0.3, -0.25) is 9.59 Å². The average molecular weight is 282 g/mol. The van der Waals surface area contributed by atoms with Crippen molar-refractivity contribution in [2.45, 2.75) is 59.3 Å². The van der Waals surface area contributed by atoms with Gasteiger partial charge in [0.15, 0.2) is 0 Å². The topological polar surface area (TPSA) is 40.6 Å². The number of hydrogen-bond acceptors (Lipinski definition) is 2. The maximum atomic E-state index is 12.1. The minimum Gasteiger partial charge on any atom is -0.339 e. The van der Waals surface area contributed by atoms with Crippen molar-refractivity contribution in [1.29, 1.82) is 0 Å². The molecule has 4 heteroatoms. The molecule has 1 unspecified atom stereocenters. The first-order chi connectivity index (χ1) is 9.60. The van der Waals surface area contributed by atoms with E-state index in [0.717, 1.165) is 19.3 Å². The van der Waals surface area contributed by atoms with Crippen LogP contribution in [0.5, 0.6) is 0 Å². The van der Waals surface area contributed by atoms with Crippen molar-refractivity contribution >= 4 is 11.8 Å². The Bertz CT molecular complexity index is 310. The van der Waals surface area contributed by atoms with Gasteiger partial charge in [0.25, 0.3) is 0 Å². The molecule has 1 saturated heterocycles. The molecule has 1 aliphatic rings. The molecular weight excluding hydrogens is 252 g/mol. The molecular formula is C16H30N2O2. The first-order valence-electron chi connectivity index (χ1n) is 8.16. The second-order valence-electron chi connectivity index (χ2n) is 5.83. The summed E-state index contributed by atoms with van der Waals surface area (Å²) in [7, 11) is 0. The molecule has 1 heterocycles. The Balaban J connectivity index is 2.27. The van der Waals surface area contributed by atoms with Gasteiger partial charge in [0.1, 0.15) is 0 Å². The van der Waals surface area contributed by atoms with Crippen molar-refractivity contribution in [1.82, 2.24) is 9.80 Å². The monoisotopic (exact) mass is 282 g/mol. The van der Waals surface area contributed by atoms with Gasteiger partial charge in [-0.05, 0) is 12.8 Å². The van der Waals surface area contributed by atoms with E-state index >= 15 is 0 Å². The van der Waals surface area contributed by atoms with Crippen LogP contribution in [0.4, 0.5) is 0 Å². The van der Waals surface area contributed by atoms with Crippen LogP contribution in [0.1, 0.15) is 59.3 Å². The van der Waals surface area contributed by atoms with Crippen LogP contribution in [-0.2, 0) is 9.59 Å². The number of carbonyl (C=O) groups is 2. The second-order valence-corrected chi connectivity index (χ2v) is 5.83. The van der Waals surface area contributed by atoms with E-state index in [-0.39, 0.29) is 17.7 Å². The molecule has 116 valence electrons. The van der Waals surface area contributed by atoms with Crippen LogP contribution in [0.3, 0.4) is 0 Å². The fourth-order valence-corrected chi connectivity index (χ4v) is 2.52. The van der Waals surface area contributed by atoms with E-state index in [1.54, 1.807) is 0 Å². The van der Waals surface area contributed by atoms with Crippen molar-refractivity contribution in [3.05, 3.63) is 0 Å². The Morgan fingerprint density at radius 3 is 2.10 bits per heavy atom. The third kappa shape index (κ3) is 5.14. The van der Waals surface area contributed by atoms with Gasteiger partial charge < -0.3 is 9.80 Å². The number of rotatable bonds is 7. The highest BCUT2D eigenvalue weighted by Crippen LogP contribution is 2.12. The van der Waals surface area contributed by atoms with Crippen LogP contribution in [0.25, 0.3) is 0 Å². The Morgan fingerprint density at radius 1 is 0.950 bits per heavy atom. The summed E-state index contributed by atoms with van der Waals surface area (Å²) >= 11 is 0. The second kappa shape index (κ2) is 8.98. The van der Waals surface area contributed by atoms with Crippen LogP contribution in [0, 0.1) is 5.92 Å². The van der Waals surface area contributed by atoms with Gasteiger partial charge in [-0.2, -0.15) is 0 Å². The first-order valence-corrected chi connectivity index (χ1v) is 8.16. The summed E-state index contributed by atoms with van der Waals surface area (Å²) < 4.78 is 0. The molecule has 0 saturated carbocycles. The molecule has 0 aromatic heterocycles. The predicted octanol–water partition coefficient (Wildman–Crippen LogP) is 2.67. The number of carbonyl (C=O) groups excluding carboxylic acids is 2. The van der Waals surface area contributed by atoms with E-state index < -0.39 is 0 Å². The number of amides is 2. The quantitative estimate of drug-likeness (QED) is 0.674. The summed E-state index contributed by atoms with van der Waals surface area (Å²) in [6.07, 6.45) is 6.11. The maximum absolute atomic E-state index is 12.1. The van der Waals surface area contributed by atoms with Crippen molar-refractivity contribution in [2.75, 3.05) is 26.2 Å². The highest BCUT2D eigenvalue weighted by Gasteiger charge is 2.25. The SMILES string of the molecule is CCCCCCC(=O)N1CCN(C(=O)C(C)CC)CC1. The lowest BCUT2D eigenvalue weighted by molar-refractivity contribution is -0.141. The first kappa shape index (κ1) is 17.0. The lowest BCUT2D eigenvalue weighted by Crippen LogP contribution is -2.51. The van der Waals surface area contributed by atoms with Crippen LogP contribution >= 0.6 is 0 Å². The van der Waals surface area contributed by atoms with Gasteiger partial charge in [0, 0.05) is 38.5 Å². The van der Waals surface area contributed by atoms with E-state index in [9.17, 15) is 9.59 Å². The van der Waals surface area contributed by atoms with Crippen molar-refractivity contribution in [3.8, 4) is 0 Å². The molecule has 0 aliphatic carbocycles. The Hall–Kier alpha value is -1.06. The molecule has 20 heavy (non-hydrogen) atoms. The molecule has 1 aliphatic heterocycles. The van der Waals surface area contributed by atoms with E-state index in [1.165, 1.54) is 12.8 Å². The molecule has 0 N–H and O–H groups in total. The largest absolute Gasteiger partial charge is 0.339 e. The average Bonchev–Trinajstić information content (AvgIpc) is 2.50. The van der Waals surface area contributed by atoms with Crippen molar-refractivity contribution < 1.29 is 9.59 Å². The molecule has 0 aromatic carbocycles. The molecule has 1 fully saturated rings. The number of nitrogens with zero attached hydrogens (tertiary/aromatic N) is 2. The predicted molar refractivity (Wildman–Crippen MR) is 81.4 cm³/mol.